The average molecular weight is 368 g/mol. The van der Waals surface area contributed by atoms with Crippen molar-refractivity contribution in [3.63, 3.8) is 0 Å². The van der Waals surface area contributed by atoms with Crippen molar-refractivity contribution in [3.05, 3.63) is 41.5 Å². The molecule has 0 bridgehead atoms. The summed E-state index contributed by atoms with van der Waals surface area (Å²) in [7, 11) is 0. The molecule has 2 aromatic heterocycles. The number of hydrogen-bond acceptors (Lipinski definition) is 8. The summed E-state index contributed by atoms with van der Waals surface area (Å²) in [6.45, 7) is 4.72. The second-order valence-corrected chi connectivity index (χ2v) is 8.25. The summed E-state index contributed by atoms with van der Waals surface area (Å²) in [4.78, 5) is 4.47. The monoisotopic (exact) mass is 367 g/mol. The molecule has 9 heteroatoms. The molecular formula is C14H14FN5S3. The lowest BCUT2D eigenvalue weighted by molar-refractivity contribution is 0.627. The van der Waals surface area contributed by atoms with E-state index >= 15 is 0 Å². The number of hydrogen-bond donors (Lipinski definition) is 1. The Hall–Kier alpha value is -1.58. The number of halogens is 1. The Bertz CT molecular complexity index is 769. The van der Waals surface area contributed by atoms with E-state index < -0.39 is 0 Å². The molecule has 0 aliphatic carbocycles. The Morgan fingerprint density at radius 2 is 1.96 bits per heavy atom. The molecule has 23 heavy (non-hydrogen) atoms. The minimum absolute atomic E-state index is 0.235. The maximum atomic E-state index is 12.9. The molecule has 1 N–H and O–H groups in total. The van der Waals surface area contributed by atoms with Gasteiger partial charge in [0.1, 0.15) is 11.6 Å². The molecule has 0 aliphatic rings. The van der Waals surface area contributed by atoms with E-state index in [1.807, 2.05) is 0 Å². The lowest BCUT2D eigenvalue weighted by Gasteiger charge is -2.01. The first kappa shape index (κ1) is 16.3. The van der Waals surface area contributed by atoms with Crippen LogP contribution in [0.4, 0.5) is 9.52 Å². The van der Waals surface area contributed by atoms with E-state index in [0.717, 1.165) is 25.2 Å². The van der Waals surface area contributed by atoms with Crippen LogP contribution in [0.3, 0.4) is 0 Å². The van der Waals surface area contributed by atoms with Crippen molar-refractivity contribution in [1.82, 2.24) is 19.6 Å². The van der Waals surface area contributed by atoms with Gasteiger partial charge in [-0.15, -0.1) is 10.2 Å². The molecule has 120 valence electrons. The molecule has 0 saturated heterocycles. The molecule has 3 aromatic rings. The summed E-state index contributed by atoms with van der Waals surface area (Å²) < 4.78 is 18.9. The Balaban J connectivity index is 1.58. The van der Waals surface area contributed by atoms with E-state index in [2.05, 4.69) is 38.7 Å². The summed E-state index contributed by atoms with van der Waals surface area (Å²) in [5, 5.41) is 12.2. The van der Waals surface area contributed by atoms with Crippen molar-refractivity contribution in [3.8, 4) is 0 Å². The van der Waals surface area contributed by atoms with Crippen LogP contribution in [-0.2, 0) is 6.54 Å². The molecule has 3 rings (SSSR count). The van der Waals surface area contributed by atoms with E-state index in [1.165, 1.54) is 46.8 Å². The highest BCUT2D eigenvalue weighted by molar-refractivity contribution is 8.02. The third kappa shape index (κ3) is 4.46. The highest BCUT2D eigenvalue weighted by Crippen LogP contribution is 2.33. The molecule has 5 nitrogen and oxygen atoms in total. The first-order valence-electron chi connectivity index (χ1n) is 6.93. The van der Waals surface area contributed by atoms with E-state index in [1.54, 1.807) is 12.1 Å². The highest BCUT2D eigenvalue weighted by atomic mass is 32.2. The quantitative estimate of drug-likeness (QED) is 0.696. The largest absolute Gasteiger partial charge is 0.356 e. The lowest BCUT2D eigenvalue weighted by Crippen LogP contribution is -1.98. The minimum Gasteiger partial charge on any atom is -0.356 e. The van der Waals surface area contributed by atoms with Crippen molar-refractivity contribution in [2.45, 2.75) is 35.0 Å². The van der Waals surface area contributed by atoms with Crippen LogP contribution in [0, 0.1) is 5.82 Å². The molecule has 0 fully saturated rings. The van der Waals surface area contributed by atoms with Crippen LogP contribution in [0.15, 0.2) is 32.9 Å². The predicted molar refractivity (Wildman–Crippen MR) is 91.8 cm³/mol. The standard InChI is InChI=1S/C14H14FN5S3/c1-8(2)11-17-13(23-20-11)22-14-19-18-12(21-14)16-7-9-3-5-10(15)6-4-9/h3-6,8H,7H2,1-2H3,(H,16,18). The molecular weight excluding hydrogens is 353 g/mol. The molecule has 0 radical (unpaired) electrons. The molecule has 0 unspecified atom stereocenters. The fourth-order valence-electron chi connectivity index (χ4n) is 1.67. The van der Waals surface area contributed by atoms with Gasteiger partial charge in [-0.05, 0) is 41.0 Å². The van der Waals surface area contributed by atoms with Gasteiger partial charge in [-0.25, -0.2) is 9.37 Å². The topological polar surface area (TPSA) is 63.6 Å². The minimum atomic E-state index is -0.235. The number of aromatic nitrogens is 4. The Labute approximate surface area is 145 Å². The van der Waals surface area contributed by atoms with Crippen molar-refractivity contribution in [2.75, 3.05) is 5.32 Å². The number of nitrogens with zero attached hydrogens (tertiary/aromatic N) is 4. The van der Waals surface area contributed by atoms with Gasteiger partial charge in [0.15, 0.2) is 8.68 Å². The predicted octanol–water partition coefficient (Wildman–Crippen LogP) is 4.42. The summed E-state index contributed by atoms with van der Waals surface area (Å²) in [5.74, 6) is 0.945. The van der Waals surface area contributed by atoms with Crippen LogP contribution in [0.1, 0.15) is 31.2 Å². The van der Waals surface area contributed by atoms with Crippen LogP contribution in [0.5, 0.6) is 0 Å². The first-order valence-corrected chi connectivity index (χ1v) is 9.34. The van der Waals surface area contributed by atoms with Gasteiger partial charge in [-0.1, -0.05) is 37.3 Å². The SMILES string of the molecule is CC(C)c1nsc(Sc2nnc(NCc3ccc(F)cc3)s2)n1. The zero-order chi connectivity index (χ0) is 16.2. The molecule has 0 saturated carbocycles. The van der Waals surface area contributed by atoms with Gasteiger partial charge >= 0.3 is 0 Å². The van der Waals surface area contributed by atoms with Gasteiger partial charge < -0.3 is 5.32 Å². The fourth-order valence-corrected chi connectivity index (χ4v) is 4.37. The second-order valence-electron chi connectivity index (χ2n) is 5.03. The van der Waals surface area contributed by atoms with Gasteiger partial charge in [0.05, 0.1) is 0 Å². The third-order valence-electron chi connectivity index (χ3n) is 2.88. The van der Waals surface area contributed by atoms with Gasteiger partial charge in [-0.3, -0.25) is 0 Å². The van der Waals surface area contributed by atoms with Crippen LogP contribution in [0.2, 0.25) is 0 Å². The third-order valence-corrected chi connectivity index (χ3v) is 5.57. The van der Waals surface area contributed by atoms with E-state index in [0.29, 0.717) is 12.5 Å². The summed E-state index contributed by atoms with van der Waals surface area (Å²) in [5.41, 5.74) is 0.988. The molecule has 1 aromatic carbocycles. The summed E-state index contributed by atoms with van der Waals surface area (Å²) >= 11 is 4.31. The smallest absolute Gasteiger partial charge is 0.206 e. The van der Waals surface area contributed by atoms with E-state index in [4.69, 9.17) is 0 Å². The van der Waals surface area contributed by atoms with Crippen LogP contribution in [0.25, 0.3) is 0 Å². The molecule has 0 spiro atoms. The van der Waals surface area contributed by atoms with Crippen LogP contribution >= 0.6 is 34.6 Å². The maximum absolute atomic E-state index is 12.9. The molecule has 0 atom stereocenters. The zero-order valence-corrected chi connectivity index (χ0v) is 14.9. The zero-order valence-electron chi connectivity index (χ0n) is 12.5. The first-order chi connectivity index (χ1) is 11.1. The van der Waals surface area contributed by atoms with E-state index in [9.17, 15) is 4.39 Å². The Morgan fingerprint density at radius 1 is 1.17 bits per heavy atom. The van der Waals surface area contributed by atoms with Gasteiger partial charge in [0.25, 0.3) is 0 Å². The summed E-state index contributed by atoms with van der Waals surface area (Å²) in [6.07, 6.45) is 0. The van der Waals surface area contributed by atoms with Crippen LogP contribution < -0.4 is 5.32 Å². The molecule has 0 aliphatic heterocycles. The lowest BCUT2D eigenvalue weighted by atomic mass is 10.2. The fraction of sp³-hybridized carbons (Fsp3) is 0.286. The van der Waals surface area contributed by atoms with Crippen molar-refractivity contribution >= 4 is 39.8 Å². The van der Waals surface area contributed by atoms with Crippen molar-refractivity contribution < 1.29 is 4.39 Å². The molecule has 0 amide bonds. The van der Waals surface area contributed by atoms with Crippen molar-refractivity contribution in [2.24, 2.45) is 0 Å². The van der Waals surface area contributed by atoms with Crippen molar-refractivity contribution in [1.29, 1.82) is 0 Å². The van der Waals surface area contributed by atoms with Crippen LogP contribution in [-0.4, -0.2) is 19.6 Å². The Morgan fingerprint density at radius 3 is 2.65 bits per heavy atom. The highest BCUT2D eigenvalue weighted by Gasteiger charge is 2.12. The maximum Gasteiger partial charge on any atom is 0.206 e. The average Bonchev–Trinajstić information content (AvgIpc) is 3.17. The number of nitrogens with one attached hydrogen (secondary N) is 1. The van der Waals surface area contributed by atoms with Gasteiger partial charge in [0, 0.05) is 12.5 Å². The normalized spacial score (nSPS) is 11.1. The Kier molecular flexibility index (Phi) is 5.19. The van der Waals surface area contributed by atoms with Gasteiger partial charge in [0.2, 0.25) is 5.13 Å². The van der Waals surface area contributed by atoms with Gasteiger partial charge in [-0.2, -0.15) is 4.37 Å². The number of anilines is 1. The number of rotatable bonds is 6. The summed E-state index contributed by atoms with van der Waals surface area (Å²) in [6, 6.07) is 6.38. The molecule has 2 heterocycles. The van der Waals surface area contributed by atoms with E-state index in [-0.39, 0.29) is 5.82 Å². The number of benzene rings is 1. The second kappa shape index (κ2) is 7.33.